The van der Waals surface area contributed by atoms with Gasteiger partial charge in [0.1, 0.15) is 0 Å². The van der Waals surface area contributed by atoms with Crippen molar-refractivity contribution in [2.24, 2.45) is 5.92 Å². The molecule has 0 bridgehead atoms. The van der Waals surface area contributed by atoms with Crippen molar-refractivity contribution < 1.29 is 13.2 Å². The molecule has 0 aliphatic carbocycles. The van der Waals surface area contributed by atoms with E-state index in [2.05, 4.69) is 10.0 Å². The third kappa shape index (κ3) is 4.82. The van der Waals surface area contributed by atoms with Gasteiger partial charge in [0, 0.05) is 17.3 Å². The minimum atomic E-state index is -3.77. The molecule has 0 aliphatic heterocycles. The van der Waals surface area contributed by atoms with Crippen molar-refractivity contribution in [1.29, 1.82) is 0 Å². The number of aryl methyl sites for hydroxylation is 1. The highest BCUT2D eigenvalue weighted by Gasteiger charge is 2.20. The lowest BCUT2D eigenvalue weighted by molar-refractivity contribution is 0.0930. The molecule has 1 atom stereocenters. The molecule has 6 heteroatoms. The molecule has 134 valence electrons. The van der Waals surface area contributed by atoms with E-state index in [1.165, 1.54) is 6.07 Å². The predicted molar refractivity (Wildman–Crippen MR) is 100 cm³/mol. The van der Waals surface area contributed by atoms with E-state index in [4.69, 9.17) is 0 Å². The van der Waals surface area contributed by atoms with Crippen LogP contribution in [0, 0.1) is 12.8 Å². The van der Waals surface area contributed by atoms with E-state index in [0.29, 0.717) is 16.8 Å². The predicted octanol–water partition coefficient (Wildman–Crippen LogP) is 3.57. The minimum absolute atomic E-state index is 0.00342. The van der Waals surface area contributed by atoms with Crippen molar-refractivity contribution in [3.8, 4) is 0 Å². The molecule has 0 saturated carbocycles. The molecule has 2 N–H and O–H groups in total. The minimum Gasteiger partial charge on any atom is -0.349 e. The monoisotopic (exact) mass is 360 g/mol. The fourth-order valence-electron chi connectivity index (χ4n) is 2.20. The molecule has 0 fully saturated rings. The van der Waals surface area contributed by atoms with Crippen LogP contribution in [0.4, 0.5) is 5.69 Å². The Morgan fingerprint density at radius 1 is 1.00 bits per heavy atom. The Bertz CT molecular complexity index is 846. The highest BCUT2D eigenvalue weighted by atomic mass is 32.2. The number of hydrogen-bond acceptors (Lipinski definition) is 3. The van der Waals surface area contributed by atoms with E-state index in [1.54, 1.807) is 43.3 Å². The summed E-state index contributed by atoms with van der Waals surface area (Å²) in [5.74, 6) is 0.00899. The van der Waals surface area contributed by atoms with E-state index >= 15 is 0 Å². The molecule has 1 amide bonds. The van der Waals surface area contributed by atoms with E-state index in [9.17, 15) is 13.2 Å². The number of benzene rings is 2. The van der Waals surface area contributed by atoms with Gasteiger partial charge in [-0.3, -0.25) is 9.52 Å². The summed E-state index contributed by atoms with van der Waals surface area (Å²) in [4.78, 5) is 12.5. The van der Waals surface area contributed by atoms with Crippen molar-refractivity contribution in [1.82, 2.24) is 5.32 Å². The number of hydrogen-bond donors (Lipinski definition) is 2. The Kier molecular flexibility index (Phi) is 5.85. The van der Waals surface area contributed by atoms with Crippen LogP contribution in [-0.4, -0.2) is 20.4 Å². The molecule has 2 aromatic rings. The number of nitrogens with one attached hydrogen (secondary N) is 2. The van der Waals surface area contributed by atoms with E-state index in [0.717, 1.165) is 0 Å². The highest BCUT2D eigenvalue weighted by molar-refractivity contribution is 7.92. The van der Waals surface area contributed by atoms with Gasteiger partial charge in [0.05, 0.1) is 4.90 Å². The Balaban J connectivity index is 2.31. The first-order valence-electron chi connectivity index (χ1n) is 8.20. The first-order valence-corrected chi connectivity index (χ1v) is 9.68. The average Bonchev–Trinajstić information content (AvgIpc) is 2.55. The molecule has 25 heavy (non-hydrogen) atoms. The molecule has 2 rings (SSSR count). The van der Waals surface area contributed by atoms with Gasteiger partial charge in [0.25, 0.3) is 15.9 Å². The van der Waals surface area contributed by atoms with Gasteiger partial charge >= 0.3 is 0 Å². The van der Waals surface area contributed by atoms with Gasteiger partial charge in [-0.15, -0.1) is 0 Å². The third-order valence-corrected chi connectivity index (χ3v) is 5.65. The van der Waals surface area contributed by atoms with Crippen LogP contribution >= 0.6 is 0 Å². The number of amides is 1. The van der Waals surface area contributed by atoms with Gasteiger partial charge in [-0.25, -0.2) is 8.42 Å². The lowest BCUT2D eigenvalue weighted by Gasteiger charge is -2.18. The second-order valence-electron chi connectivity index (χ2n) is 6.46. The van der Waals surface area contributed by atoms with Crippen molar-refractivity contribution in [3.63, 3.8) is 0 Å². The maximum absolute atomic E-state index is 12.7. The topological polar surface area (TPSA) is 75.3 Å². The first-order chi connectivity index (χ1) is 11.7. The van der Waals surface area contributed by atoms with Crippen molar-refractivity contribution in [2.75, 3.05) is 4.72 Å². The Morgan fingerprint density at radius 3 is 2.24 bits per heavy atom. The van der Waals surface area contributed by atoms with Crippen LogP contribution in [0.1, 0.15) is 36.7 Å². The van der Waals surface area contributed by atoms with Gasteiger partial charge in [-0.2, -0.15) is 0 Å². The van der Waals surface area contributed by atoms with Crippen LogP contribution < -0.4 is 10.0 Å². The third-order valence-electron chi connectivity index (χ3n) is 4.12. The maximum Gasteiger partial charge on any atom is 0.262 e. The number of sulfonamides is 1. The summed E-state index contributed by atoms with van der Waals surface area (Å²) in [7, 11) is -3.77. The van der Waals surface area contributed by atoms with Crippen LogP contribution in [0.15, 0.2) is 53.4 Å². The molecule has 0 heterocycles. The molecule has 2 aromatic carbocycles. The van der Waals surface area contributed by atoms with Crippen LogP contribution in [0.3, 0.4) is 0 Å². The van der Waals surface area contributed by atoms with Crippen LogP contribution in [0.5, 0.6) is 0 Å². The number of para-hydroxylation sites is 1. The molecular formula is C19H24N2O3S. The zero-order valence-corrected chi connectivity index (χ0v) is 15.7. The first kappa shape index (κ1) is 19.0. The zero-order valence-electron chi connectivity index (χ0n) is 14.9. The normalized spacial score (nSPS) is 12.7. The number of rotatable bonds is 6. The second kappa shape index (κ2) is 7.70. The van der Waals surface area contributed by atoms with Gasteiger partial charge < -0.3 is 5.32 Å². The molecular weight excluding hydrogens is 336 g/mol. The number of anilines is 1. The Morgan fingerprint density at radius 2 is 1.64 bits per heavy atom. The van der Waals surface area contributed by atoms with Crippen molar-refractivity contribution in [3.05, 3.63) is 59.7 Å². The largest absolute Gasteiger partial charge is 0.349 e. The summed E-state index contributed by atoms with van der Waals surface area (Å²) in [6.07, 6.45) is 0. The fourth-order valence-corrected chi connectivity index (χ4v) is 3.53. The number of carbonyl (C=O) groups excluding carboxylic acids is 1. The molecule has 0 aromatic heterocycles. The van der Waals surface area contributed by atoms with Crippen LogP contribution in [0.25, 0.3) is 0 Å². The summed E-state index contributed by atoms with van der Waals surface area (Å²) in [5, 5.41) is 2.89. The van der Waals surface area contributed by atoms with Crippen molar-refractivity contribution in [2.45, 2.75) is 38.6 Å². The summed E-state index contributed by atoms with van der Waals surface area (Å²) in [6, 6.07) is 13.4. The van der Waals surface area contributed by atoms with Crippen molar-refractivity contribution >= 4 is 21.6 Å². The SMILES string of the molecule is Cc1ccc(C(=O)N[C@@H](C)C(C)C)cc1S(=O)(=O)Nc1ccccc1. The van der Waals surface area contributed by atoms with Gasteiger partial charge in [0.15, 0.2) is 0 Å². The van der Waals surface area contributed by atoms with E-state index < -0.39 is 10.0 Å². The summed E-state index contributed by atoms with van der Waals surface area (Å²) < 4.78 is 27.9. The number of carbonyl (C=O) groups is 1. The van der Waals surface area contributed by atoms with E-state index in [-0.39, 0.29) is 22.8 Å². The van der Waals surface area contributed by atoms with E-state index in [1.807, 2.05) is 26.8 Å². The lowest BCUT2D eigenvalue weighted by atomic mass is 10.1. The molecule has 5 nitrogen and oxygen atoms in total. The fraction of sp³-hybridized carbons (Fsp3) is 0.316. The lowest BCUT2D eigenvalue weighted by Crippen LogP contribution is -2.36. The summed E-state index contributed by atoms with van der Waals surface area (Å²) in [5.41, 5.74) is 1.38. The smallest absolute Gasteiger partial charge is 0.262 e. The van der Waals surface area contributed by atoms with Crippen LogP contribution in [0.2, 0.25) is 0 Å². The summed E-state index contributed by atoms with van der Waals surface area (Å²) in [6.45, 7) is 7.66. The summed E-state index contributed by atoms with van der Waals surface area (Å²) >= 11 is 0. The Labute approximate surface area is 149 Å². The molecule has 0 unspecified atom stereocenters. The molecule has 0 aliphatic rings. The molecule has 0 saturated heterocycles. The standard InChI is InChI=1S/C19H24N2O3S/c1-13(2)15(4)20-19(22)16-11-10-14(3)18(12-16)25(23,24)21-17-8-6-5-7-9-17/h5-13,15,21H,1-4H3,(H,20,22)/t15-/m0/s1. The Hall–Kier alpha value is -2.34. The van der Waals surface area contributed by atoms with Gasteiger partial charge in [-0.05, 0) is 49.6 Å². The average molecular weight is 360 g/mol. The highest BCUT2D eigenvalue weighted by Crippen LogP contribution is 2.21. The zero-order chi connectivity index (χ0) is 18.6. The quantitative estimate of drug-likeness (QED) is 0.827. The van der Waals surface area contributed by atoms with Crippen LogP contribution in [-0.2, 0) is 10.0 Å². The van der Waals surface area contributed by atoms with Gasteiger partial charge in [0.2, 0.25) is 0 Å². The maximum atomic E-state index is 12.7. The second-order valence-corrected chi connectivity index (χ2v) is 8.11. The molecule has 0 radical (unpaired) electrons. The molecule has 0 spiro atoms. The van der Waals surface area contributed by atoms with Gasteiger partial charge in [-0.1, -0.05) is 38.1 Å².